The van der Waals surface area contributed by atoms with Gasteiger partial charge in [0, 0.05) is 6.54 Å². The summed E-state index contributed by atoms with van der Waals surface area (Å²) < 4.78 is 0. The van der Waals surface area contributed by atoms with Crippen molar-refractivity contribution in [1.82, 2.24) is 5.32 Å². The topological polar surface area (TPSA) is 12.0 Å². The van der Waals surface area contributed by atoms with Gasteiger partial charge in [-0.1, -0.05) is 56.7 Å². The molecule has 0 aliphatic heterocycles. The van der Waals surface area contributed by atoms with Crippen LogP contribution in [0.2, 0.25) is 0 Å². The second kappa shape index (κ2) is 6.91. The quantitative estimate of drug-likeness (QED) is 0.704. The Kier molecular flexibility index (Phi) is 5.21. The third kappa shape index (κ3) is 4.21. The molecule has 1 aliphatic rings. The van der Waals surface area contributed by atoms with E-state index < -0.39 is 0 Å². The van der Waals surface area contributed by atoms with Crippen LogP contribution in [0.5, 0.6) is 0 Å². The molecule has 19 heavy (non-hydrogen) atoms. The molecule has 0 amide bonds. The molecule has 1 saturated carbocycles. The fourth-order valence-corrected chi connectivity index (χ4v) is 2.44. The van der Waals surface area contributed by atoms with Gasteiger partial charge in [-0.2, -0.15) is 0 Å². The molecule has 1 aliphatic carbocycles. The molecular formula is C18H27N. The molecule has 2 rings (SSSR count). The molecule has 0 saturated heterocycles. The van der Waals surface area contributed by atoms with Crippen LogP contribution in [-0.4, -0.2) is 13.1 Å². The summed E-state index contributed by atoms with van der Waals surface area (Å²) in [5.41, 5.74) is 4.50. The van der Waals surface area contributed by atoms with Crippen molar-refractivity contribution < 1.29 is 0 Å². The first kappa shape index (κ1) is 14.3. The lowest BCUT2D eigenvalue weighted by Crippen LogP contribution is -2.20. The normalized spacial score (nSPS) is 16.1. The molecule has 104 valence electrons. The lowest BCUT2D eigenvalue weighted by Gasteiger charge is -2.14. The first-order chi connectivity index (χ1) is 9.22. The van der Waals surface area contributed by atoms with Gasteiger partial charge in [0.15, 0.2) is 0 Å². The highest BCUT2D eigenvalue weighted by Crippen LogP contribution is 2.42. The van der Waals surface area contributed by atoms with Gasteiger partial charge < -0.3 is 5.32 Å². The highest BCUT2D eigenvalue weighted by molar-refractivity contribution is 5.59. The minimum Gasteiger partial charge on any atom is -0.313 e. The fraction of sp³-hybridized carbons (Fsp3) is 0.556. The highest BCUT2D eigenvalue weighted by Gasteiger charge is 2.25. The van der Waals surface area contributed by atoms with E-state index in [1.807, 2.05) is 0 Å². The van der Waals surface area contributed by atoms with E-state index in [9.17, 15) is 0 Å². The standard InChI is InChI=1S/C18H27N/c1-4-11-19-13-17(14(2)3)12-16-7-5-6-8-18(16)15-9-10-15/h5-8,12,14-15,19H,4,9-11,13H2,1-3H3. The Balaban J connectivity index is 2.15. The molecule has 0 unspecified atom stereocenters. The van der Waals surface area contributed by atoms with Crippen molar-refractivity contribution in [3.63, 3.8) is 0 Å². The van der Waals surface area contributed by atoms with E-state index in [4.69, 9.17) is 0 Å². The van der Waals surface area contributed by atoms with Gasteiger partial charge in [-0.05, 0) is 48.8 Å². The Labute approximate surface area is 118 Å². The maximum absolute atomic E-state index is 3.53. The molecule has 0 atom stereocenters. The molecule has 0 aromatic heterocycles. The summed E-state index contributed by atoms with van der Waals surface area (Å²) in [6.07, 6.45) is 6.36. The molecule has 0 bridgehead atoms. The Morgan fingerprint density at radius 2 is 2.05 bits per heavy atom. The number of benzene rings is 1. The third-order valence-electron chi connectivity index (χ3n) is 3.85. The van der Waals surface area contributed by atoms with Crippen molar-refractivity contribution in [2.75, 3.05) is 13.1 Å². The van der Waals surface area contributed by atoms with Crippen molar-refractivity contribution in [1.29, 1.82) is 0 Å². The number of nitrogens with one attached hydrogen (secondary N) is 1. The van der Waals surface area contributed by atoms with Gasteiger partial charge in [-0.15, -0.1) is 0 Å². The average molecular weight is 257 g/mol. The second-order valence-electron chi connectivity index (χ2n) is 5.95. The van der Waals surface area contributed by atoms with E-state index in [0.29, 0.717) is 5.92 Å². The maximum atomic E-state index is 3.53. The van der Waals surface area contributed by atoms with Gasteiger partial charge in [-0.3, -0.25) is 0 Å². The Morgan fingerprint density at radius 3 is 2.68 bits per heavy atom. The summed E-state index contributed by atoms with van der Waals surface area (Å²) in [4.78, 5) is 0. The molecule has 1 aromatic carbocycles. The third-order valence-corrected chi connectivity index (χ3v) is 3.85. The van der Waals surface area contributed by atoms with Gasteiger partial charge in [0.1, 0.15) is 0 Å². The Morgan fingerprint density at radius 1 is 1.32 bits per heavy atom. The van der Waals surface area contributed by atoms with E-state index in [2.05, 4.69) is 56.4 Å². The number of hydrogen-bond acceptors (Lipinski definition) is 1. The molecule has 1 nitrogen and oxygen atoms in total. The van der Waals surface area contributed by atoms with Gasteiger partial charge in [-0.25, -0.2) is 0 Å². The van der Waals surface area contributed by atoms with Crippen LogP contribution < -0.4 is 5.32 Å². The lowest BCUT2D eigenvalue weighted by molar-refractivity contribution is 0.657. The summed E-state index contributed by atoms with van der Waals surface area (Å²) in [6, 6.07) is 8.92. The molecular weight excluding hydrogens is 230 g/mol. The molecule has 0 radical (unpaired) electrons. The van der Waals surface area contributed by atoms with Crippen molar-refractivity contribution in [2.45, 2.75) is 46.0 Å². The lowest BCUT2D eigenvalue weighted by atomic mass is 9.96. The van der Waals surface area contributed by atoms with Crippen LogP contribution in [-0.2, 0) is 0 Å². The van der Waals surface area contributed by atoms with Crippen LogP contribution >= 0.6 is 0 Å². The van der Waals surface area contributed by atoms with Crippen molar-refractivity contribution >= 4 is 6.08 Å². The van der Waals surface area contributed by atoms with Crippen molar-refractivity contribution in [3.05, 3.63) is 41.0 Å². The van der Waals surface area contributed by atoms with E-state index >= 15 is 0 Å². The van der Waals surface area contributed by atoms with E-state index in [-0.39, 0.29) is 0 Å². The minimum absolute atomic E-state index is 0.608. The number of hydrogen-bond donors (Lipinski definition) is 1. The highest BCUT2D eigenvalue weighted by atomic mass is 14.8. The minimum atomic E-state index is 0.608. The first-order valence-electron chi connectivity index (χ1n) is 7.72. The zero-order valence-electron chi connectivity index (χ0n) is 12.6. The van der Waals surface area contributed by atoms with Crippen LogP contribution in [0.25, 0.3) is 6.08 Å². The summed E-state index contributed by atoms with van der Waals surface area (Å²) in [7, 11) is 0. The van der Waals surface area contributed by atoms with E-state index in [1.165, 1.54) is 30.4 Å². The monoisotopic (exact) mass is 257 g/mol. The van der Waals surface area contributed by atoms with Crippen LogP contribution in [0, 0.1) is 5.92 Å². The maximum Gasteiger partial charge on any atom is 0.0170 e. The molecule has 1 fully saturated rings. The Bertz CT molecular complexity index is 427. The molecule has 0 heterocycles. The van der Waals surface area contributed by atoms with Crippen LogP contribution in [0.1, 0.15) is 57.1 Å². The van der Waals surface area contributed by atoms with E-state index in [1.54, 1.807) is 5.56 Å². The number of rotatable bonds is 7. The zero-order valence-corrected chi connectivity index (χ0v) is 12.6. The summed E-state index contributed by atoms with van der Waals surface area (Å²) >= 11 is 0. The Hall–Kier alpha value is -1.08. The smallest absolute Gasteiger partial charge is 0.0170 e. The first-order valence-corrected chi connectivity index (χ1v) is 7.72. The second-order valence-corrected chi connectivity index (χ2v) is 5.95. The average Bonchev–Trinajstić information content (AvgIpc) is 3.22. The largest absolute Gasteiger partial charge is 0.313 e. The van der Waals surface area contributed by atoms with Crippen LogP contribution in [0.3, 0.4) is 0 Å². The molecule has 1 heteroatoms. The fourth-order valence-electron chi connectivity index (χ4n) is 2.44. The molecule has 1 N–H and O–H groups in total. The molecule has 1 aromatic rings. The summed E-state index contributed by atoms with van der Waals surface area (Å²) in [5, 5.41) is 3.53. The summed E-state index contributed by atoms with van der Waals surface area (Å²) in [5.74, 6) is 1.43. The van der Waals surface area contributed by atoms with Gasteiger partial charge in [0.05, 0.1) is 0 Å². The van der Waals surface area contributed by atoms with Crippen molar-refractivity contribution in [2.24, 2.45) is 5.92 Å². The van der Waals surface area contributed by atoms with Crippen molar-refractivity contribution in [3.8, 4) is 0 Å². The van der Waals surface area contributed by atoms with Gasteiger partial charge >= 0.3 is 0 Å². The predicted octanol–water partition coefficient (Wildman–Crippen LogP) is 4.60. The molecule has 0 spiro atoms. The SMILES string of the molecule is CCCNCC(=Cc1ccccc1C1CC1)C(C)C. The van der Waals surface area contributed by atoms with Gasteiger partial charge in [0.2, 0.25) is 0 Å². The van der Waals surface area contributed by atoms with Crippen LogP contribution in [0.15, 0.2) is 29.8 Å². The van der Waals surface area contributed by atoms with Crippen LogP contribution in [0.4, 0.5) is 0 Å². The van der Waals surface area contributed by atoms with E-state index in [0.717, 1.165) is 19.0 Å². The zero-order chi connectivity index (χ0) is 13.7. The van der Waals surface area contributed by atoms with Gasteiger partial charge in [0.25, 0.3) is 0 Å². The predicted molar refractivity (Wildman–Crippen MR) is 84.4 cm³/mol. The summed E-state index contributed by atoms with van der Waals surface area (Å²) in [6.45, 7) is 8.92.